The van der Waals surface area contributed by atoms with Gasteiger partial charge in [0.25, 0.3) is 0 Å². The van der Waals surface area contributed by atoms with Gasteiger partial charge in [-0.2, -0.15) is 13.2 Å². The second-order valence-electron chi connectivity index (χ2n) is 9.05. The summed E-state index contributed by atoms with van der Waals surface area (Å²) in [5.74, 6) is 1.21. The van der Waals surface area contributed by atoms with Crippen LogP contribution in [0.15, 0.2) is 42.5 Å². The van der Waals surface area contributed by atoms with Crippen molar-refractivity contribution in [2.24, 2.45) is 0 Å². The van der Waals surface area contributed by atoms with Crippen molar-refractivity contribution in [3.05, 3.63) is 59.3 Å². The lowest BCUT2D eigenvalue weighted by Gasteiger charge is -2.22. The molecule has 1 atom stereocenters. The van der Waals surface area contributed by atoms with Gasteiger partial charge >= 0.3 is 6.18 Å². The average molecular weight is 485 g/mol. The van der Waals surface area contributed by atoms with Gasteiger partial charge in [0.1, 0.15) is 11.5 Å². The van der Waals surface area contributed by atoms with E-state index in [0.29, 0.717) is 36.7 Å². The van der Waals surface area contributed by atoms with Gasteiger partial charge in [-0.05, 0) is 78.8 Å². The van der Waals surface area contributed by atoms with Gasteiger partial charge in [-0.25, -0.2) is 0 Å². The summed E-state index contributed by atoms with van der Waals surface area (Å²) >= 11 is 0. The normalized spacial score (nSPS) is 17.5. The molecule has 5 rings (SSSR count). The van der Waals surface area contributed by atoms with Crippen molar-refractivity contribution < 1.29 is 27.8 Å². The van der Waals surface area contributed by atoms with E-state index >= 15 is 0 Å². The zero-order valence-electron chi connectivity index (χ0n) is 19.7. The van der Waals surface area contributed by atoms with Crippen molar-refractivity contribution in [2.75, 3.05) is 32.2 Å². The Morgan fingerprint density at radius 2 is 1.71 bits per heavy atom. The van der Waals surface area contributed by atoms with Crippen LogP contribution in [0.25, 0.3) is 22.4 Å². The fourth-order valence-corrected chi connectivity index (χ4v) is 5.07. The minimum absolute atomic E-state index is 0.0437. The van der Waals surface area contributed by atoms with E-state index in [9.17, 15) is 18.3 Å². The maximum absolute atomic E-state index is 14.1. The maximum atomic E-state index is 14.1. The number of aliphatic hydroxyl groups is 1. The van der Waals surface area contributed by atoms with Crippen LogP contribution in [0.1, 0.15) is 29.7 Å². The number of aryl methyl sites for hydroxylation is 1. The molecule has 0 spiro atoms. The lowest BCUT2D eigenvalue weighted by Crippen LogP contribution is -2.21. The third kappa shape index (κ3) is 4.55. The second-order valence-corrected chi connectivity index (χ2v) is 9.05. The predicted octanol–water partition coefficient (Wildman–Crippen LogP) is 5.51. The van der Waals surface area contributed by atoms with Crippen LogP contribution in [0.5, 0.6) is 11.5 Å². The lowest BCUT2D eigenvalue weighted by atomic mass is 9.94. The van der Waals surface area contributed by atoms with E-state index < -0.39 is 17.8 Å². The number of anilines is 1. The van der Waals surface area contributed by atoms with Gasteiger partial charge in [0.2, 0.25) is 0 Å². The molecule has 1 aliphatic heterocycles. The first-order valence-corrected chi connectivity index (χ1v) is 11.7. The quantitative estimate of drug-likeness (QED) is 0.518. The van der Waals surface area contributed by atoms with Crippen LogP contribution in [-0.2, 0) is 19.0 Å². The summed E-state index contributed by atoms with van der Waals surface area (Å²) in [6, 6.07) is 11.4. The average Bonchev–Trinajstić information content (AvgIpc) is 3.51. The highest BCUT2D eigenvalue weighted by molar-refractivity contribution is 5.79. The highest BCUT2D eigenvalue weighted by atomic mass is 19.4. The third-order valence-electron chi connectivity index (χ3n) is 6.83. The van der Waals surface area contributed by atoms with E-state index in [0.717, 1.165) is 47.7 Å². The Balaban J connectivity index is 1.70. The van der Waals surface area contributed by atoms with E-state index in [2.05, 4.69) is 0 Å². The smallest absolute Gasteiger partial charge is 0.417 e. The monoisotopic (exact) mass is 484 g/mol. The number of aliphatic hydroxyl groups excluding tert-OH is 1. The molecule has 2 aromatic carbocycles. The first kappa shape index (κ1) is 23.5. The molecular weight excluding hydrogens is 457 g/mol. The number of methoxy groups -OCH3 is 2. The molecule has 1 saturated heterocycles. The largest absolute Gasteiger partial charge is 0.497 e. The summed E-state index contributed by atoms with van der Waals surface area (Å²) < 4.78 is 53.1. The number of ether oxygens (including phenoxy) is 2. The molecule has 1 N–H and O–H groups in total. The van der Waals surface area contributed by atoms with Crippen LogP contribution >= 0.6 is 0 Å². The van der Waals surface area contributed by atoms with Crippen molar-refractivity contribution in [3.8, 4) is 33.9 Å². The van der Waals surface area contributed by atoms with E-state index in [4.69, 9.17) is 14.5 Å². The van der Waals surface area contributed by atoms with Gasteiger partial charge in [-0.1, -0.05) is 0 Å². The number of nitrogens with zero attached hydrogens (tertiary/aromatic N) is 2. The van der Waals surface area contributed by atoms with Crippen LogP contribution in [0.4, 0.5) is 18.9 Å². The number of β-amino-alcohol motifs (C(OH)–C–C–N with tert-alkyl or cyclic N) is 1. The Labute approximate surface area is 202 Å². The van der Waals surface area contributed by atoms with E-state index in [1.807, 2.05) is 17.0 Å². The standard InChI is InChI=1S/C27H27F3N2O3/c1-34-19-10-16(11-20(13-19)35-2)22-14-26(31-25-5-3-4-21(22)25)23-12-17(32-9-8-18(33)15-32)6-7-24(23)27(28,29)30/h6-7,10-14,18,33H,3-5,8-9,15H2,1-2H3/t18-/m0/s1. The van der Waals surface area contributed by atoms with Crippen molar-refractivity contribution in [2.45, 2.75) is 38.0 Å². The minimum atomic E-state index is -4.53. The summed E-state index contributed by atoms with van der Waals surface area (Å²) in [4.78, 5) is 6.63. The highest BCUT2D eigenvalue weighted by Gasteiger charge is 2.35. The fraction of sp³-hybridized carbons (Fsp3) is 0.370. The van der Waals surface area contributed by atoms with Gasteiger partial charge < -0.3 is 19.5 Å². The first-order chi connectivity index (χ1) is 16.8. The van der Waals surface area contributed by atoms with E-state index in [1.165, 1.54) is 6.07 Å². The SMILES string of the molecule is COc1cc(OC)cc(-c2cc(-c3cc(N4CC[C@H](O)C4)ccc3C(F)(F)F)nc3c2CCC3)c1. The number of halogens is 3. The second kappa shape index (κ2) is 9.07. The summed E-state index contributed by atoms with van der Waals surface area (Å²) in [7, 11) is 3.13. The Morgan fingerprint density at radius 1 is 0.971 bits per heavy atom. The highest BCUT2D eigenvalue weighted by Crippen LogP contribution is 2.42. The van der Waals surface area contributed by atoms with Crippen molar-refractivity contribution in [1.82, 2.24) is 4.98 Å². The number of pyridine rings is 1. The molecule has 35 heavy (non-hydrogen) atoms. The Bertz CT molecular complexity index is 1240. The zero-order valence-corrected chi connectivity index (χ0v) is 19.7. The summed E-state index contributed by atoms with van der Waals surface area (Å²) in [5, 5.41) is 9.93. The molecule has 1 fully saturated rings. The van der Waals surface area contributed by atoms with Gasteiger partial charge in [0.05, 0.1) is 31.6 Å². The van der Waals surface area contributed by atoms with Crippen molar-refractivity contribution >= 4 is 5.69 Å². The van der Waals surface area contributed by atoms with Crippen LogP contribution < -0.4 is 14.4 Å². The molecular formula is C27H27F3N2O3. The molecule has 0 radical (unpaired) electrons. The van der Waals surface area contributed by atoms with Crippen molar-refractivity contribution in [3.63, 3.8) is 0 Å². The van der Waals surface area contributed by atoms with Crippen LogP contribution in [0, 0.1) is 0 Å². The summed E-state index contributed by atoms with van der Waals surface area (Å²) in [6.07, 6.45) is -1.98. The molecule has 0 amide bonds. The van der Waals surface area contributed by atoms with E-state index in [-0.39, 0.29) is 11.3 Å². The Kier molecular flexibility index (Phi) is 6.09. The lowest BCUT2D eigenvalue weighted by molar-refractivity contribution is -0.137. The summed E-state index contributed by atoms with van der Waals surface area (Å²) in [6.45, 7) is 0.996. The number of alkyl halides is 3. The van der Waals surface area contributed by atoms with Crippen LogP contribution in [0.3, 0.4) is 0 Å². The molecule has 0 bridgehead atoms. The van der Waals surface area contributed by atoms with E-state index in [1.54, 1.807) is 32.4 Å². The predicted molar refractivity (Wildman–Crippen MR) is 128 cm³/mol. The molecule has 0 saturated carbocycles. The van der Waals surface area contributed by atoms with Crippen LogP contribution in [0.2, 0.25) is 0 Å². The molecule has 3 aromatic rings. The van der Waals surface area contributed by atoms with Gasteiger partial charge in [-0.3, -0.25) is 4.98 Å². The summed E-state index contributed by atoms with van der Waals surface area (Å²) in [5.41, 5.74) is 3.80. The maximum Gasteiger partial charge on any atom is 0.417 e. The molecule has 8 heteroatoms. The Morgan fingerprint density at radius 3 is 2.34 bits per heavy atom. The number of rotatable bonds is 5. The molecule has 184 valence electrons. The van der Waals surface area contributed by atoms with Gasteiger partial charge in [0.15, 0.2) is 0 Å². The Hall–Kier alpha value is -3.26. The third-order valence-corrected chi connectivity index (χ3v) is 6.83. The zero-order chi connectivity index (χ0) is 24.7. The molecule has 2 aliphatic rings. The minimum Gasteiger partial charge on any atom is -0.497 e. The number of fused-ring (bicyclic) bond motifs is 1. The number of aromatic nitrogens is 1. The topological polar surface area (TPSA) is 54.8 Å². The molecule has 5 nitrogen and oxygen atoms in total. The molecule has 2 heterocycles. The number of benzene rings is 2. The van der Waals surface area contributed by atoms with Crippen LogP contribution in [-0.4, -0.2) is 43.5 Å². The molecule has 1 aliphatic carbocycles. The first-order valence-electron chi connectivity index (χ1n) is 11.7. The number of hydrogen-bond acceptors (Lipinski definition) is 5. The molecule has 0 unspecified atom stereocenters. The van der Waals surface area contributed by atoms with Crippen molar-refractivity contribution in [1.29, 1.82) is 0 Å². The fourth-order valence-electron chi connectivity index (χ4n) is 5.07. The van der Waals surface area contributed by atoms with Gasteiger partial charge in [-0.15, -0.1) is 0 Å². The molecule has 1 aromatic heterocycles. The number of hydrogen-bond donors (Lipinski definition) is 1. The van der Waals surface area contributed by atoms with Gasteiger partial charge in [0, 0.05) is 36.1 Å².